The van der Waals surface area contributed by atoms with Crippen molar-refractivity contribution in [1.82, 2.24) is 0 Å². The van der Waals surface area contributed by atoms with Crippen LogP contribution in [0, 0.1) is 0 Å². The van der Waals surface area contributed by atoms with Crippen LogP contribution in [0.3, 0.4) is 0 Å². The molecule has 6 nitrogen and oxygen atoms in total. The second kappa shape index (κ2) is 16.1. The van der Waals surface area contributed by atoms with E-state index in [2.05, 4.69) is 12.2 Å². The largest absolute Gasteiger partial charge is 0.505 e. The molecule has 0 atom stereocenters. The number of rotatable bonds is 18. The van der Waals surface area contributed by atoms with Crippen molar-refractivity contribution < 1.29 is 22.5 Å². The van der Waals surface area contributed by atoms with Crippen molar-refractivity contribution in [2.45, 2.75) is 102 Å². The third kappa shape index (κ3) is 9.88. The minimum absolute atomic E-state index is 0.0233. The van der Waals surface area contributed by atoms with Gasteiger partial charge in [-0.25, -0.2) is 0 Å². The summed E-state index contributed by atoms with van der Waals surface area (Å²) >= 11 is 0. The van der Waals surface area contributed by atoms with Crippen LogP contribution in [0.25, 0.3) is 10.8 Å². The lowest BCUT2D eigenvalue weighted by Gasteiger charge is -2.15. The number of nitrogens with one attached hydrogen (secondary N) is 1. The molecule has 3 aromatic carbocycles. The molecule has 7 heteroatoms. The summed E-state index contributed by atoms with van der Waals surface area (Å²) in [6.45, 7) is 2.25. The SMILES string of the molecule is CCCCCCCCCCCCCCCC(=O)Nc1cc(OS(=O)(=O)c2ccccc2)c2ccccc2c1O. The second-order valence-electron chi connectivity index (χ2n) is 10.2. The van der Waals surface area contributed by atoms with Gasteiger partial charge in [-0.2, -0.15) is 8.42 Å². The van der Waals surface area contributed by atoms with E-state index >= 15 is 0 Å². The number of anilines is 1. The third-order valence-corrected chi connectivity index (χ3v) is 8.24. The maximum atomic E-state index is 12.8. The number of amides is 1. The molecule has 0 fully saturated rings. The van der Waals surface area contributed by atoms with Gasteiger partial charge in [-0.05, 0) is 18.6 Å². The second-order valence-corrected chi connectivity index (χ2v) is 11.8. The number of benzene rings is 3. The lowest BCUT2D eigenvalue weighted by Crippen LogP contribution is -2.13. The molecule has 0 unspecified atom stereocenters. The van der Waals surface area contributed by atoms with E-state index in [1.165, 1.54) is 82.4 Å². The van der Waals surface area contributed by atoms with Gasteiger partial charge in [0.25, 0.3) is 0 Å². The fourth-order valence-corrected chi connectivity index (χ4v) is 5.72. The molecular formula is C32H43NO5S. The zero-order valence-electron chi connectivity index (χ0n) is 23.2. The van der Waals surface area contributed by atoms with Crippen molar-refractivity contribution in [1.29, 1.82) is 0 Å². The summed E-state index contributed by atoms with van der Waals surface area (Å²) in [5, 5.41) is 14.4. The van der Waals surface area contributed by atoms with Gasteiger partial charge < -0.3 is 14.6 Å². The minimum atomic E-state index is -4.09. The number of fused-ring (bicyclic) bond motifs is 1. The van der Waals surface area contributed by atoms with E-state index in [1.807, 2.05) is 0 Å². The molecule has 0 aliphatic carbocycles. The van der Waals surface area contributed by atoms with Crippen LogP contribution in [0.15, 0.2) is 65.6 Å². The van der Waals surface area contributed by atoms with Crippen LogP contribution in [0.5, 0.6) is 11.5 Å². The molecule has 212 valence electrons. The van der Waals surface area contributed by atoms with Crippen LogP contribution >= 0.6 is 0 Å². The van der Waals surface area contributed by atoms with Crippen molar-refractivity contribution >= 4 is 32.5 Å². The first-order valence-electron chi connectivity index (χ1n) is 14.5. The van der Waals surface area contributed by atoms with Crippen LogP contribution in [-0.4, -0.2) is 19.4 Å². The Morgan fingerprint density at radius 1 is 0.744 bits per heavy atom. The predicted molar refractivity (Wildman–Crippen MR) is 159 cm³/mol. The fraction of sp³-hybridized carbons (Fsp3) is 0.469. The molecule has 0 radical (unpaired) electrons. The van der Waals surface area contributed by atoms with E-state index in [0.29, 0.717) is 17.2 Å². The molecule has 0 spiro atoms. The summed E-state index contributed by atoms with van der Waals surface area (Å²) in [7, 11) is -4.09. The topological polar surface area (TPSA) is 92.7 Å². The van der Waals surface area contributed by atoms with Crippen molar-refractivity contribution in [2.75, 3.05) is 5.32 Å². The van der Waals surface area contributed by atoms with Gasteiger partial charge in [0.2, 0.25) is 5.91 Å². The van der Waals surface area contributed by atoms with E-state index in [0.717, 1.165) is 19.3 Å². The van der Waals surface area contributed by atoms with E-state index < -0.39 is 10.1 Å². The van der Waals surface area contributed by atoms with Gasteiger partial charge in [0.1, 0.15) is 10.6 Å². The third-order valence-electron chi connectivity index (χ3n) is 6.99. The number of carbonyl (C=O) groups excluding carboxylic acids is 1. The van der Waals surface area contributed by atoms with Crippen LogP contribution in [-0.2, 0) is 14.9 Å². The summed E-state index contributed by atoms with van der Waals surface area (Å²) in [4.78, 5) is 12.7. The Balaban J connectivity index is 1.47. The van der Waals surface area contributed by atoms with E-state index in [9.17, 15) is 18.3 Å². The highest BCUT2D eigenvalue weighted by Crippen LogP contribution is 2.40. The van der Waals surface area contributed by atoms with E-state index in [1.54, 1.807) is 42.5 Å². The molecule has 0 saturated carbocycles. The number of aromatic hydroxyl groups is 1. The van der Waals surface area contributed by atoms with Gasteiger partial charge in [0, 0.05) is 23.3 Å². The molecule has 0 aliphatic rings. The van der Waals surface area contributed by atoms with Crippen LogP contribution in [0.1, 0.15) is 96.8 Å². The first-order chi connectivity index (χ1) is 18.9. The summed E-state index contributed by atoms with van der Waals surface area (Å²) in [6.07, 6.45) is 16.4. The van der Waals surface area contributed by atoms with E-state index in [-0.39, 0.29) is 28.0 Å². The van der Waals surface area contributed by atoms with Gasteiger partial charge in [-0.15, -0.1) is 0 Å². The molecule has 3 aromatic rings. The van der Waals surface area contributed by atoms with Gasteiger partial charge in [-0.1, -0.05) is 126 Å². The summed E-state index contributed by atoms with van der Waals surface area (Å²) in [5.41, 5.74) is 0.131. The number of phenolic OH excluding ortho intramolecular Hbond substituents is 1. The summed E-state index contributed by atoms with van der Waals surface area (Å²) in [6, 6.07) is 16.0. The standard InChI is InChI=1S/C32H43NO5S/c1-2-3-4-5-6-7-8-9-10-11-12-13-17-24-31(34)33-29-25-30(27-22-18-19-23-28(27)32(29)35)38-39(36,37)26-20-15-14-16-21-26/h14-16,18-23,25,35H,2-13,17,24H2,1H3,(H,33,34). The number of hydrogen-bond donors (Lipinski definition) is 2. The van der Waals surface area contributed by atoms with Crippen LogP contribution < -0.4 is 9.50 Å². The molecule has 0 aliphatic heterocycles. The first-order valence-corrected chi connectivity index (χ1v) is 15.9. The number of phenols is 1. The zero-order chi connectivity index (χ0) is 27.9. The Morgan fingerprint density at radius 2 is 1.26 bits per heavy atom. The Kier molecular flexibility index (Phi) is 12.6. The molecule has 3 rings (SSSR count). The molecule has 1 amide bonds. The van der Waals surface area contributed by atoms with Crippen molar-refractivity contribution in [2.24, 2.45) is 0 Å². The molecule has 39 heavy (non-hydrogen) atoms. The highest BCUT2D eigenvalue weighted by molar-refractivity contribution is 7.87. The first kappa shape index (κ1) is 30.5. The monoisotopic (exact) mass is 553 g/mol. The fourth-order valence-electron chi connectivity index (χ4n) is 4.76. The molecule has 2 N–H and O–H groups in total. The normalized spacial score (nSPS) is 11.5. The van der Waals surface area contributed by atoms with E-state index in [4.69, 9.17) is 4.18 Å². The molecule has 0 heterocycles. The minimum Gasteiger partial charge on any atom is -0.505 e. The zero-order valence-corrected chi connectivity index (χ0v) is 24.0. The highest BCUT2D eigenvalue weighted by atomic mass is 32.2. The number of hydrogen-bond acceptors (Lipinski definition) is 5. The number of carbonyl (C=O) groups is 1. The van der Waals surface area contributed by atoms with Crippen molar-refractivity contribution in [3.05, 3.63) is 60.7 Å². The smallest absolute Gasteiger partial charge is 0.339 e. The van der Waals surface area contributed by atoms with Gasteiger partial charge >= 0.3 is 10.1 Å². The average Bonchev–Trinajstić information content (AvgIpc) is 2.94. The lowest BCUT2D eigenvalue weighted by molar-refractivity contribution is -0.116. The molecule has 0 bridgehead atoms. The van der Waals surface area contributed by atoms with Crippen molar-refractivity contribution in [3.63, 3.8) is 0 Å². The lowest BCUT2D eigenvalue weighted by atomic mass is 10.0. The van der Waals surface area contributed by atoms with Crippen LogP contribution in [0.4, 0.5) is 5.69 Å². The quantitative estimate of drug-likeness (QED) is 0.0933. The maximum Gasteiger partial charge on any atom is 0.339 e. The molecular weight excluding hydrogens is 510 g/mol. The Bertz CT molecular complexity index is 1270. The Hall–Kier alpha value is -3.06. The predicted octanol–water partition coefficient (Wildman–Crippen LogP) is 8.73. The number of unbranched alkanes of at least 4 members (excludes halogenated alkanes) is 12. The Labute approximate surface area is 233 Å². The Morgan fingerprint density at radius 3 is 1.85 bits per heavy atom. The maximum absolute atomic E-state index is 12.8. The van der Waals surface area contributed by atoms with Gasteiger partial charge in [0.15, 0.2) is 5.75 Å². The van der Waals surface area contributed by atoms with Gasteiger partial charge in [-0.3, -0.25) is 4.79 Å². The van der Waals surface area contributed by atoms with Crippen LogP contribution in [0.2, 0.25) is 0 Å². The summed E-state index contributed by atoms with van der Waals surface area (Å²) < 4.78 is 31.2. The summed E-state index contributed by atoms with van der Waals surface area (Å²) in [5.74, 6) is -0.294. The van der Waals surface area contributed by atoms with Gasteiger partial charge in [0.05, 0.1) is 5.69 Å². The molecule has 0 saturated heterocycles. The average molecular weight is 554 g/mol. The molecule has 0 aromatic heterocycles. The van der Waals surface area contributed by atoms with Crippen molar-refractivity contribution in [3.8, 4) is 11.5 Å². The highest BCUT2D eigenvalue weighted by Gasteiger charge is 2.21.